The molecular weight excluding hydrogens is 237 g/mol. The molecule has 0 radical (unpaired) electrons. The second-order valence-electron chi connectivity index (χ2n) is 2.94. The Morgan fingerprint density at radius 3 is 2.62 bits per heavy atom. The average molecular weight is 248 g/mol. The van der Waals surface area contributed by atoms with Gasteiger partial charge >= 0.3 is 0 Å². The molecule has 3 N–H and O–H groups in total. The zero-order chi connectivity index (χ0) is 10.0. The first-order valence-corrected chi connectivity index (χ1v) is 4.70. The van der Waals surface area contributed by atoms with Crippen LogP contribution in [0.15, 0.2) is 22.7 Å². The lowest BCUT2D eigenvalue weighted by atomic mass is 10.0. The van der Waals surface area contributed by atoms with E-state index in [0.29, 0.717) is 10.0 Å². The van der Waals surface area contributed by atoms with Crippen LogP contribution < -0.4 is 5.73 Å². The smallest absolute Gasteiger partial charge is 0.137 e. The van der Waals surface area contributed by atoms with Crippen molar-refractivity contribution in [2.24, 2.45) is 5.73 Å². The monoisotopic (exact) mass is 247 g/mol. The molecule has 72 valence electrons. The number of benzene rings is 1. The summed E-state index contributed by atoms with van der Waals surface area (Å²) in [6.07, 6.45) is -0.680. The molecule has 0 aliphatic rings. The Labute approximate surface area is 84.7 Å². The molecule has 0 amide bonds. The van der Waals surface area contributed by atoms with Gasteiger partial charge < -0.3 is 10.8 Å². The largest absolute Gasteiger partial charge is 0.391 e. The Kier molecular flexibility index (Phi) is 3.41. The maximum Gasteiger partial charge on any atom is 0.137 e. The van der Waals surface area contributed by atoms with E-state index in [-0.39, 0.29) is 5.82 Å². The van der Waals surface area contributed by atoms with Crippen LogP contribution in [0.4, 0.5) is 4.39 Å². The van der Waals surface area contributed by atoms with E-state index < -0.39 is 12.1 Å². The van der Waals surface area contributed by atoms with Crippen molar-refractivity contribution in [3.8, 4) is 0 Å². The lowest BCUT2D eigenvalue weighted by molar-refractivity contribution is 0.164. The SMILES string of the molecule is C[C@@H](O)[C@@H](N)c1ccc(Br)c(F)c1. The third kappa shape index (κ3) is 2.49. The lowest BCUT2D eigenvalue weighted by Crippen LogP contribution is -2.23. The molecule has 4 heteroatoms. The molecule has 0 saturated carbocycles. The van der Waals surface area contributed by atoms with Crippen molar-refractivity contribution < 1.29 is 9.50 Å². The Bertz CT molecular complexity index is 304. The Morgan fingerprint density at radius 1 is 1.54 bits per heavy atom. The van der Waals surface area contributed by atoms with Gasteiger partial charge in [0.2, 0.25) is 0 Å². The number of halogens is 2. The van der Waals surface area contributed by atoms with E-state index in [1.165, 1.54) is 6.07 Å². The van der Waals surface area contributed by atoms with Crippen molar-refractivity contribution in [2.75, 3.05) is 0 Å². The van der Waals surface area contributed by atoms with Crippen LogP contribution in [0.2, 0.25) is 0 Å². The molecule has 1 rings (SSSR count). The molecule has 13 heavy (non-hydrogen) atoms. The second kappa shape index (κ2) is 4.17. The van der Waals surface area contributed by atoms with Gasteiger partial charge in [-0.3, -0.25) is 0 Å². The first kappa shape index (κ1) is 10.6. The molecule has 0 unspecified atom stereocenters. The molecule has 2 nitrogen and oxygen atoms in total. The topological polar surface area (TPSA) is 46.2 Å². The molecule has 0 bridgehead atoms. The summed E-state index contributed by atoms with van der Waals surface area (Å²) in [7, 11) is 0. The second-order valence-corrected chi connectivity index (χ2v) is 3.79. The maximum atomic E-state index is 13.0. The first-order valence-electron chi connectivity index (χ1n) is 3.91. The van der Waals surface area contributed by atoms with E-state index in [4.69, 9.17) is 5.73 Å². The molecule has 1 aromatic rings. The third-order valence-electron chi connectivity index (χ3n) is 1.85. The van der Waals surface area contributed by atoms with Gasteiger partial charge in [-0.1, -0.05) is 6.07 Å². The van der Waals surface area contributed by atoms with E-state index in [1.807, 2.05) is 0 Å². The van der Waals surface area contributed by atoms with Crippen LogP contribution in [0.1, 0.15) is 18.5 Å². The summed E-state index contributed by atoms with van der Waals surface area (Å²) in [5.41, 5.74) is 6.22. The number of hydrogen-bond donors (Lipinski definition) is 2. The molecule has 0 aliphatic heterocycles. The van der Waals surface area contributed by atoms with E-state index in [0.717, 1.165) is 0 Å². The van der Waals surface area contributed by atoms with Crippen molar-refractivity contribution in [3.63, 3.8) is 0 Å². The van der Waals surface area contributed by atoms with Crippen molar-refractivity contribution >= 4 is 15.9 Å². The summed E-state index contributed by atoms with van der Waals surface area (Å²) in [5.74, 6) is -0.367. The van der Waals surface area contributed by atoms with Crippen molar-refractivity contribution in [1.29, 1.82) is 0 Å². The van der Waals surface area contributed by atoms with Gasteiger partial charge in [-0.2, -0.15) is 0 Å². The fraction of sp³-hybridized carbons (Fsp3) is 0.333. The van der Waals surface area contributed by atoms with E-state index in [1.54, 1.807) is 19.1 Å². The number of hydrogen-bond acceptors (Lipinski definition) is 2. The third-order valence-corrected chi connectivity index (χ3v) is 2.49. The highest BCUT2D eigenvalue weighted by Gasteiger charge is 2.13. The predicted octanol–water partition coefficient (Wildman–Crippen LogP) is 1.97. The van der Waals surface area contributed by atoms with Crippen LogP contribution >= 0.6 is 15.9 Å². The first-order chi connectivity index (χ1) is 6.02. The van der Waals surface area contributed by atoms with Gasteiger partial charge in [0.05, 0.1) is 16.6 Å². The van der Waals surface area contributed by atoms with Gasteiger partial charge in [0, 0.05) is 0 Å². The zero-order valence-corrected chi connectivity index (χ0v) is 8.75. The van der Waals surface area contributed by atoms with Gasteiger partial charge in [-0.15, -0.1) is 0 Å². The Balaban J connectivity index is 2.97. The summed E-state index contributed by atoms with van der Waals surface area (Å²) in [4.78, 5) is 0. The highest BCUT2D eigenvalue weighted by molar-refractivity contribution is 9.10. The maximum absolute atomic E-state index is 13.0. The number of rotatable bonds is 2. The fourth-order valence-electron chi connectivity index (χ4n) is 0.998. The van der Waals surface area contributed by atoms with Crippen molar-refractivity contribution in [3.05, 3.63) is 34.1 Å². The molecule has 0 aliphatic carbocycles. The van der Waals surface area contributed by atoms with Gasteiger partial charge in [0.1, 0.15) is 5.82 Å². The van der Waals surface area contributed by atoms with Gasteiger partial charge in [-0.05, 0) is 40.5 Å². The molecule has 0 heterocycles. The molecule has 0 aromatic heterocycles. The predicted molar refractivity (Wildman–Crippen MR) is 52.7 cm³/mol. The number of aliphatic hydroxyl groups excluding tert-OH is 1. The van der Waals surface area contributed by atoms with Gasteiger partial charge in [-0.25, -0.2) is 4.39 Å². The average Bonchev–Trinajstić information content (AvgIpc) is 2.08. The van der Waals surface area contributed by atoms with Crippen LogP contribution in [0.5, 0.6) is 0 Å². The quantitative estimate of drug-likeness (QED) is 0.840. The molecular formula is C9H11BrFNO. The summed E-state index contributed by atoms with van der Waals surface area (Å²) in [6.45, 7) is 1.57. The highest BCUT2D eigenvalue weighted by atomic mass is 79.9. The van der Waals surface area contributed by atoms with Crippen molar-refractivity contribution in [2.45, 2.75) is 19.1 Å². The highest BCUT2D eigenvalue weighted by Crippen LogP contribution is 2.21. The minimum Gasteiger partial charge on any atom is -0.391 e. The van der Waals surface area contributed by atoms with E-state index >= 15 is 0 Å². The normalized spacial score (nSPS) is 15.5. The summed E-state index contributed by atoms with van der Waals surface area (Å²) in [6, 6.07) is 4.04. The molecule has 0 spiro atoms. The minimum absolute atomic E-state index is 0.367. The van der Waals surface area contributed by atoms with Crippen LogP contribution in [0.25, 0.3) is 0 Å². The van der Waals surface area contributed by atoms with Gasteiger partial charge in [0.15, 0.2) is 0 Å². The summed E-state index contributed by atoms with van der Waals surface area (Å²) < 4.78 is 13.4. The van der Waals surface area contributed by atoms with Crippen LogP contribution in [-0.4, -0.2) is 11.2 Å². The summed E-state index contributed by atoms with van der Waals surface area (Å²) >= 11 is 3.04. The van der Waals surface area contributed by atoms with E-state index in [9.17, 15) is 9.50 Å². The standard InChI is InChI=1S/C9H11BrFNO/c1-5(13)9(12)6-2-3-7(10)8(11)4-6/h2-5,9,13H,12H2,1H3/t5-,9-/m1/s1. The summed E-state index contributed by atoms with van der Waals surface area (Å²) in [5, 5.41) is 9.18. The van der Waals surface area contributed by atoms with Crippen LogP contribution in [0, 0.1) is 5.82 Å². The van der Waals surface area contributed by atoms with Crippen LogP contribution in [0.3, 0.4) is 0 Å². The Morgan fingerprint density at radius 2 is 2.15 bits per heavy atom. The molecule has 1 aromatic carbocycles. The van der Waals surface area contributed by atoms with Gasteiger partial charge in [0.25, 0.3) is 0 Å². The number of nitrogens with two attached hydrogens (primary N) is 1. The lowest BCUT2D eigenvalue weighted by Gasteiger charge is -2.15. The number of aliphatic hydroxyl groups is 1. The Hall–Kier alpha value is -0.450. The van der Waals surface area contributed by atoms with Crippen molar-refractivity contribution in [1.82, 2.24) is 0 Å². The molecule has 0 saturated heterocycles. The minimum atomic E-state index is -0.680. The molecule has 0 fully saturated rings. The zero-order valence-electron chi connectivity index (χ0n) is 7.17. The fourth-order valence-corrected chi connectivity index (χ4v) is 1.24. The molecule has 2 atom stereocenters. The van der Waals surface area contributed by atoms with E-state index in [2.05, 4.69) is 15.9 Å². The van der Waals surface area contributed by atoms with Crippen LogP contribution in [-0.2, 0) is 0 Å².